The van der Waals surface area contributed by atoms with Crippen LogP contribution in [-0.2, 0) is 14.2 Å². The Bertz CT molecular complexity index is 1150. The monoisotopic (exact) mass is 370 g/mol. The lowest BCUT2D eigenvalue weighted by atomic mass is 10.1. The van der Waals surface area contributed by atoms with E-state index in [4.69, 9.17) is 23.4 Å². The van der Waals surface area contributed by atoms with E-state index in [2.05, 4.69) is 0 Å². The molecule has 27 heavy (non-hydrogen) atoms. The maximum Gasteiger partial charge on any atom is 0.344 e. The van der Waals surface area contributed by atoms with Gasteiger partial charge in [0, 0.05) is 17.9 Å². The summed E-state index contributed by atoms with van der Waals surface area (Å²) in [6.45, 7) is 3.81. The molecule has 0 radical (unpaired) electrons. The number of hydrogen-bond acceptors (Lipinski definition) is 7. The third kappa shape index (κ3) is 2.95. The lowest BCUT2D eigenvalue weighted by Crippen LogP contribution is -2.38. The molecule has 0 bridgehead atoms. The zero-order chi connectivity index (χ0) is 19.1. The van der Waals surface area contributed by atoms with Crippen LogP contribution < -0.4 is 20.8 Å². The summed E-state index contributed by atoms with van der Waals surface area (Å²) in [5, 5.41) is 1.62. The number of methoxy groups -OCH3 is 1. The fourth-order valence-electron chi connectivity index (χ4n) is 3.17. The second kappa shape index (κ2) is 6.50. The van der Waals surface area contributed by atoms with E-state index in [0.29, 0.717) is 45.1 Å². The van der Waals surface area contributed by atoms with Gasteiger partial charge in [0.05, 0.1) is 18.4 Å². The fraction of sp³-hybridized carbons (Fsp3) is 0.300. The molecule has 0 fully saturated rings. The van der Waals surface area contributed by atoms with Crippen LogP contribution in [0.15, 0.2) is 32.9 Å². The number of rotatable bonds is 3. The minimum atomic E-state index is -0.530. The molecule has 1 aromatic carbocycles. The molecule has 7 nitrogen and oxygen atoms in total. The minimum Gasteiger partial charge on any atom is -0.490 e. The van der Waals surface area contributed by atoms with Gasteiger partial charge in [-0.05, 0) is 31.2 Å². The molecule has 0 amide bonds. The summed E-state index contributed by atoms with van der Waals surface area (Å²) in [4.78, 5) is 24.8. The number of esters is 1. The van der Waals surface area contributed by atoms with Gasteiger partial charge in [0.15, 0.2) is 5.76 Å². The van der Waals surface area contributed by atoms with Crippen molar-refractivity contribution in [3.63, 3.8) is 0 Å². The van der Waals surface area contributed by atoms with Crippen molar-refractivity contribution < 1.29 is 28.2 Å². The van der Waals surface area contributed by atoms with Gasteiger partial charge in [-0.3, -0.25) is 0 Å². The summed E-state index contributed by atoms with van der Waals surface area (Å²) >= 11 is 0. The molecule has 0 saturated carbocycles. The molecular weight excluding hydrogens is 352 g/mol. The van der Waals surface area contributed by atoms with Crippen molar-refractivity contribution in [2.24, 2.45) is 0 Å². The van der Waals surface area contributed by atoms with Gasteiger partial charge in [-0.1, -0.05) is 6.08 Å². The largest absolute Gasteiger partial charge is 0.490 e. The summed E-state index contributed by atoms with van der Waals surface area (Å²) in [5.74, 6) is 0.950. The first-order chi connectivity index (χ1) is 13.0. The molecule has 0 atom stereocenters. The molecule has 1 aliphatic carbocycles. The first-order valence-electron chi connectivity index (χ1n) is 8.54. The number of carbonyl (C=O) groups is 1. The van der Waals surface area contributed by atoms with Crippen LogP contribution in [0.5, 0.6) is 5.75 Å². The molecule has 1 aromatic heterocycles. The third-order valence-electron chi connectivity index (χ3n) is 4.34. The zero-order valence-electron chi connectivity index (χ0n) is 15.2. The Kier molecular flexibility index (Phi) is 4.14. The highest BCUT2D eigenvalue weighted by molar-refractivity contribution is 5.97. The van der Waals surface area contributed by atoms with E-state index < -0.39 is 11.6 Å². The van der Waals surface area contributed by atoms with Gasteiger partial charge in [-0.25, -0.2) is 9.59 Å². The third-order valence-corrected chi connectivity index (χ3v) is 4.34. The molecule has 0 unspecified atom stereocenters. The van der Waals surface area contributed by atoms with E-state index in [1.54, 1.807) is 18.2 Å². The molecule has 0 N–H and O–H groups in total. The molecule has 2 heterocycles. The topological polar surface area (TPSA) is 84.2 Å². The molecular formula is C20H18O7. The quantitative estimate of drug-likeness (QED) is 0.599. The Hall–Kier alpha value is -3.22. The average Bonchev–Trinajstić information content (AvgIpc) is 2.99. The number of ether oxygens (including phenoxy) is 4. The van der Waals surface area contributed by atoms with Crippen molar-refractivity contribution in [2.45, 2.75) is 26.4 Å². The minimum absolute atomic E-state index is 0.131. The van der Waals surface area contributed by atoms with Crippen LogP contribution in [0.3, 0.4) is 0 Å². The molecule has 2 aromatic rings. The number of fused-ring (bicyclic) bond motifs is 3. The zero-order valence-corrected chi connectivity index (χ0v) is 15.2. The van der Waals surface area contributed by atoms with Crippen LogP contribution in [0.1, 0.15) is 30.6 Å². The van der Waals surface area contributed by atoms with Crippen molar-refractivity contribution in [1.29, 1.82) is 0 Å². The standard InChI is InChI=1S/C20H18O7/c1-10(2)26-17-8-16-12(6-14(17)19(21)23-3)11-4-5-15-18(25-9-24-15)7-13(11)20(22)27-16/h4,6-8,10H,5,9H2,1-3H3. The number of carbonyl (C=O) groups excluding carboxylic acids is 1. The highest BCUT2D eigenvalue weighted by Gasteiger charge is 2.21. The molecule has 2 aliphatic rings. The highest BCUT2D eigenvalue weighted by Crippen LogP contribution is 2.27. The maximum absolute atomic E-state index is 12.6. The smallest absolute Gasteiger partial charge is 0.344 e. The van der Waals surface area contributed by atoms with E-state index in [1.165, 1.54) is 7.11 Å². The molecule has 0 saturated heterocycles. The Labute approximate surface area is 154 Å². The van der Waals surface area contributed by atoms with Crippen LogP contribution in [0.4, 0.5) is 0 Å². The molecule has 7 heteroatoms. The molecule has 4 rings (SSSR count). The van der Waals surface area contributed by atoms with E-state index in [0.717, 1.165) is 0 Å². The summed E-state index contributed by atoms with van der Waals surface area (Å²) in [6, 6.07) is 3.18. The summed E-state index contributed by atoms with van der Waals surface area (Å²) in [6.07, 6.45) is 3.78. The Morgan fingerprint density at radius 2 is 2.00 bits per heavy atom. The lowest BCUT2D eigenvalue weighted by Gasteiger charge is -2.14. The fourth-order valence-corrected chi connectivity index (χ4v) is 3.17. The SMILES string of the molecule is COC(=O)c1cc2c3c(c(=O)oc2cc1OC(C)C)=CC1=C(CC=3)OCO1. The number of allylic oxidation sites excluding steroid dienone is 2. The summed E-state index contributed by atoms with van der Waals surface area (Å²) in [7, 11) is 1.31. The van der Waals surface area contributed by atoms with Gasteiger partial charge in [-0.15, -0.1) is 0 Å². The molecule has 1 aliphatic heterocycles. The van der Waals surface area contributed by atoms with Crippen LogP contribution in [0.2, 0.25) is 0 Å². The Balaban J connectivity index is 2.04. The van der Waals surface area contributed by atoms with E-state index in [-0.39, 0.29) is 18.5 Å². The maximum atomic E-state index is 12.6. The van der Waals surface area contributed by atoms with Crippen LogP contribution in [0, 0.1) is 0 Å². The second-order valence-corrected chi connectivity index (χ2v) is 6.47. The van der Waals surface area contributed by atoms with Gasteiger partial charge in [0.25, 0.3) is 0 Å². The van der Waals surface area contributed by atoms with Crippen molar-refractivity contribution in [2.75, 3.05) is 13.9 Å². The first kappa shape index (κ1) is 17.2. The van der Waals surface area contributed by atoms with Crippen molar-refractivity contribution in [1.82, 2.24) is 0 Å². The van der Waals surface area contributed by atoms with E-state index >= 15 is 0 Å². The van der Waals surface area contributed by atoms with Crippen molar-refractivity contribution >= 4 is 29.1 Å². The van der Waals surface area contributed by atoms with Crippen LogP contribution >= 0.6 is 0 Å². The van der Waals surface area contributed by atoms with Crippen LogP contribution in [-0.4, -0.2) is 26.0 Å². The molecule has 140 valence electrons. The summed E-state index contributed by atoms with van der Waals surface area (Å²) in [5.41, 5.74) is 0.0929. The van der Waals surface area contributed by atoms with Gasteiger partial charge in [0.1, 0.15) is 22.7 Å². The normalized spacial score (nSPS) is 15.1. The second-order valence-electron chi connectivity index (χ2n) is 6.47. The van der Waals surface area contributed by atoms with Crippen molar-refractivity contribution in [3.05, 3.63) is 50.1 Å². The predicted octanol–water partition coefficient (Wildman–Crippen LogP) is 1.55. The van der Waals surface area contributed by atoms with Gasteiger partial charge >= 0.3 is 11.6 Å². The summed E-state index contributed by atoms with van der Waals surface area (Å²) < 4.78 is 26.9. The van der Waals surface area contributed by atoms with Gasteiger partial charge in [-0.2, -0.15) is 0 Å². The van der Waals surface area contributed by atoms with E-state index in [1.807, 2.05) is 19.9 Å². The first-order valence-corrected chi connectivity index (χ1v) is 8.54. The predicted molar refractivity (Wildman–Crippen MR) is 96.4 cm³/mol. The Morgan fingerprint density at radius 1 is 1.19 bits per heavy atom. The number of benzene rings is 1. The van der Waals surface area contributed by atoms with E-state index in [9.17, 15) is 9.59 Å². The number of hydrogen-bond donors (Lipinski definition) is 0. The Morgan fingerprint density at radius 3 is 2.74 bits per heavy atom. The molecule has 0 spiro atoms. The van der Waals surface area contributed by atoms with Gasteiger partial charge in [0.2, 0.25) is 6.79 Å². The van der Waals surface area contributed by atoms with Crippen molar-refractivity contribution in [3.8, 4) is 5.75 Å². The highest BCUT2D eigenvalue weighted by atomic mass is 16.7. The average molecular weight is 370 g/mol. The van der Waals surface area contributed by atoms with Crippen LogP contribution in [0.25, 0.3) is 23.1 Å². The lowest BCUT2D eigenvalue weighted by molar-refractivity contribution is 0.0594. The van der Waals surface area contributed by atoms with Gasteiger partial charge < -0.3 is 23.4 Å².